The number of amides is 1. The maximum absolute atomic E-state index is 13.9. The van der Waals surface area contributed by atoms with Gasteiger partial charge in [-0.15, -0.1) is 0 Å². The maximum Gasteiger partial charge on any atom is 0.290 e. The number of hydrogen-bond donors (Lipinski definition) is 0. The minimum absolute atomic E-state index is 0.188. The summed E-state index contributed by atoms with van der Waals surface area (Å²) in [5, 5.41) is 0. The highest BCUT2D eigenvalue weighted by molar-refractivity contribution is 5.91. The van der Waals surface area contributed by atoms with Gasteiger partial charge in [-0.3, -0.25) is 4.79 Å². The van der Waals surface area contributed by atoms with Crippen LogP contribution in [0.4, 0.5) is 10.1 Å². The molecule has 1 saturated heterocycles. The van der Waals surface area contributed by atoms with Crippen LogP contribution in [0.15, 0.2) is 65.1 Å². The van der Waals surface area contributed by atoms with Crippen LogP contribution in [0.1, 0.15) is 16.1 Å². The monoisotopic (exact) mass is 380 g/mol. The number of nitrogens with zero attached hydrogens (tertiary/aromatic N) is 2. The summed E-state index contributed by atoms with van der Waals surface area (Å²) in [6, 6.07) is 17.5. The van der Waals surface area contributed by atoms with E-state index in [1.165, 1.54) is 6.07 Å². The van der Waals surface area contributed by atoms with E-state index < -0.39 is 0 Å². The number of piperazine rings is 1. The minimum Gasteiger partial charge on any atom is -0.426 e. The second kappa shape index (κ2) is 7.76. The maximum atomic E-state index is 13.9. The molecule has 2 aromatic carbocycles. The fourth-order valence-corrected chi connectivity index (χ4v) is 3.23. The lowest BCUT2D eigenvalue weighted by Crippen LogP contribution is -2.49. The molecule has 2 heterocycles. The smallest absolute Gasteiger partial charge is 0.290 e. The Morgan fingerprint density at radius 2 is 1.68 bits per heavy atom. The van der Waals surface area contributed by atoms with Gasteiger partial charge in [0.15, 0.2) is 5.76 Å². The largest absolute Gasteiger partial charge is 0.426 e. The van der Waals surface area contributed by atoms with E-state index in [0.29, 0.717) is 37.6 Å². The van der Waals surface area contributed by atoms with Crippen LogP contribution in [0.2, 0.25) is 0 Å². The molecule has 0 radical (unpaired) electrons. The highest BCUT2D eigenvalue weighted by Gasteiger charge is 2.25. The summed E-state index contributed by atoms with van der Waals surface area (Å²) in [5.41, 5.74) is 1.71. The number of para-hydroxylation sites is 1. The SMILES string of the molecule is Cc1ccc(Oc2ccc(C(=O)N3CCN(c4ccccc4F)CC3)o2)cc1. The van der Waals surface area contributed by atoms with E-state index in [0.717, 1.165) is 5.56 Å². The highest BCUT2D eigenvalue weighted by atomic mass is 19.1. The van der Waals surface area contributed by atoms with Crippen LogP contribution < -0.4 is 9.64 Å². The Bertz CT molecular complexity index is 960. The normalized spacial score (nSPS) is 14.2. The summed E-state index contributed by atoms with van der Waals surface area (Å²) in [6.07, 6.45) is 0. The number of anilines is 1. The zero-order valence-electron chi connectivity index (χ0n) is 15.6. The summed E-state index contributed by atoms with van der Waals surface area (Å²) >= 11 is 0. The van der Waals surface area contributed by atoms with Crippen LogP contribution in [-0.2, 0) is 0 Å². The Hall–Kier alpha value is -3.28. The molecule has 0 spiro atoms. The molecule has 1 aliphatic rings. The first-order valence-corrected chi connectivity index (χ1v) is 9.23. The molecular formula is C22H21FN2O3. The third-order valence-electron chi connectivity index (χ3n) is 4.79. The summed E-state index contributed by atoms with van der Waals surface area (Å²) in [5.74, 6) is 0.731. The molecule has 4 rings (SSSR count). The van der Waals surface area contributed by atoms with Crippen molar-refractivity contribution in [2.75, 3.05) is 31.1 Å². The van der Waals surface area contributed by atoms with Gasteiger partial charge in [0, 0.05) is 32.2 Å². The van der Waals surface area contributed by atoms with E-state index >= 15 is 0 Å². The van der Waals surface area contributed by atoms with Gasteiger partial charge in [0.25, 0.3) is 11.9 Å². The van der Waals surface area contributed by atoms with Crippen LogP contribution in [0, 0.1) is 12.7 Å². The Labute approximate surface area is 162 Å². The van der Waals surface area contributed by atoms with Gasteiger partial charge in [-0.05, 0) is 37.3 Å². The van der Waals surface area contributed by atoms with Gasteiger partial charge in [0.05, 0.1) is 5.69 Å². The quantitative estimate of drug-likeness (QED) is 0.669. The first-order chi connectivity index (χ1) is 13.6. The number of halogens is 1. The van der Waals surface area contributed by atoms with Crippen LogP contribution in [0.5, 0.6) is 11.7 Å². The number of benzene rings is 2. The van der Waals surface area contributed by atoms with Crippen molar-refractivity contribution >= 4 is 11.6 Å². The van der Waals surface area contributed by atoms with Crippen molar-refractivity contribution in [2.24, 2.45) is 0 Å². The predicted molar refractivity (Wildman–Crippen MR) is 104 cm³/mol. The Morgan fingerprint density at radius 3 is 2.39 bits per heavy atom. The van der Waals surface area contributed by atoms with E-state index in [4.69, 9.17) is 9.15 Å². The average Bonchev–Trinajstić information content (AvgIpc) is 3.18. The van der Waals surface area contributed by atoms with Gasteiger partial charge in [0.1, 0.15) is 11.6 Å². The molecule has 1 aliphatic heterocycles. The van der Waals surface area contributed by atoms with Crippen molar-refractivity contribution < 1.29 is 18.3 Å². The second-order valence-electron chi connectivity index (χ2n) is 6.76. The first-order valence-electron chi connectivity index (χ1n) is 9.23. The van der Waals surface area contributed by atoms with Crippen molar-refractivity contribution in [3.63, 3.8) is 0 Å². The predicted octanol–water partition coefficient (Wildman–Crippen LogP) is 4.48. The number of hydrogen-bond acceptors (Lipinski definition) is 4. The van der Waals surface area contributed by atoms with Crippen molar-refractivity contribution in [2.45, 2.75) is 6.92 Å². The molecule has 0 aliphatic carbocycles. The summed E-state index contributed by atoms with van der Waals surface area (Å²) in [6.45, 7) is 4.14. The van der Waals surface area contributed by atoms with Gasteiger partial charge in [-0.25, -0.2) is 4.39 Å². The van der Waals surface area contributed by atoms with Crippen molar-refractivity contribution in [1.29, 1.82) is 0 Å². The van der Waals surface area contributed by atoms with Crippen LogP contribution in [0.3, 0.4) is 0 Å². The molecule has 144 valence electrons. The van der Waals surface area contributed by atoms with Gasteiger partial charge in [-0.2, -0.15) is 0 Å². The molecule has 0 atom stereocenters. The molecule has 0 bridgehead atoms. The zero-order valence-corrected chi connectivity index (χ0v) is 15.6. The molecule has 1 amide bonds. The van der Waals surface area contributed by atoms with Crippen molar-refractivity contribution in [3.8, 4) is 11.7 Å². The first kappa shape index (κ1) is 18.1. The zero-order chi connectivity index (χ0) is 19.5. The summed E-state index contributed by atoms with van der Waals surface area (Å²) in [7, 11) is 0. The van der Waals surface area contributed by atoms with Crippen LogP contribution in [-0.4, -0.2) is 37.0 Å². The van der Waals surface area contributed by atoms with Crippen LogP contribution in [0.25, 0.3) is 0 Å². The van der Waals surface area contributed by atoms with Gasteiger partial charge in [0.2, 0.25) is 0 Å². The topological polar surface area (TPSA) is 45.9 Å². The van der Waals surface area contributed by atoms with E-state index in [2.05, 4.69) is 0 Å². The summed E-state index contributed by atoms with van der Waals surface area (Å²) in [4.78, 5) is 16.4. The van der Waals surface area contributed by atoms with Gasteiger partial charge >= 0.3 is 0 Å². The van der Waals surface area contributed by atoms with E-state index in [-0.39, 0.29) is 23.4 Å². The molecule has 28 heavy (non-hydrogen) atoms. The molecule has 0 unspecified atom stereocenters. The molecule has 1 aromatic heterocycles. The second-order valence-corrected chi connectivity index (χ2v) is 6.76. The number of furan rings is 1. The van der Waals surface area contributed by atoms with E-state index in [1.54, 1.807) is 29.2 Å². The fourth-order valence-electron chi connectivity index (χ4n) is 3.23. The Kier molecular flexibility index (Phi) is 5.02. The third kappa shape index (κ3) is 3.86. The minimum atomic E-state index is -0.244. The van der Waals surface area contributed by atoms with Crippen molar-refractivity contribution in [3.05, 3.63) is 77.8 Å². The molecule has 0 saturated carbocycles. The summed E-state index contributed by atoms with van der Waals surface area (Å²) < 4.78 is 25.2. The van der Waals surface area contributed by atoms with Gasteiger partial charge in [-0.1, -0.05) is 29.8 Å². The molecule has 0 N–H and O–H groups in total. The number of carbonyl (C=O) groups is 1. The number of rotatable bonds is 4. The Morgan fingerprint density at radius 1 is 0.964 bits per heavy atom. The van der Waals surface area contributed by atoms with Crippen molar-refractivity contribution in [1.82, 2.24) is 4.90 Å². The fraction of sp³-hybridized carbons (Fsp3) is 0.227. The Balaban J connectivity index is 1.37. The highest BCUT2D eigenvalue weighted by Crippen LogP contribution is 2.25. The molecule has 1 fully saturated rings. The number of carbonyl (C=O) groups excluding carboxylic acids is 1. The van der Waals surface area contributed by atoms with Gasteiger partial charge < -0.3 is 19.0 Å². The third-order valence-corrected chi connectivity index (χ3v) is 4.79. The molecule has 3 aromatic rings. The lowest BCUT2D eigenvalue weighted by Gasteiger charge is -2.35. The molecular weight excluding hydrogens is 359 g/mol. The number of aryl methyl sites for hydroxylation is 1. The standard InChI is InChI=1S/C22H21FN2O3/c1-16-6-8-17(9-7-16)27-21-11-10-20(28-21)22(26)25-14-12-24(13-15-25)19-5-3-2-4-18(19)23/h2-11H,12-15H2,1H3. The number of ether oxygens (including phenoxy) is 1. The molecule has 6 heteroatoms. The van der Waals surface area contributed by atoms with E-state index in [9.17, 15) is 9.18 Å². The lowest BCUT2D eigenvalue weighted by atomic mass is 10.2. The van der Waals surface area contributed by atoms with Crippen LogP contribution >= 0.6 is 0 Å². The average molecular weight is 380 g/mol. The molecule has 5 nitrogen and oxygen atoms in total. The lowest BCUT2D eigenvalue weighted by molar-refractivity contribution is 0.0709. The van der Waals surface area contributed by atoms with E-state index in [1.807, 2.05) is 42.2 Å².